The SMILES string of the molecule is CCC(CC)N(C)S(=O)(=O)c1sc(=O)[nH]c1C. The smallest absolute Gasteiger partial charge is 0.305 e. The van der Waals surface area contributed by atoms with Crippen molar-refractivity contribution in [3.8, 4) is 0 Å². The first-order chi connectivity index (χ1) is 7.84. The molecule has 0 spiro atoms. The van der Waals surface area contributed by atoms with Gasteiger partial charge in [-0.05, 0) is 19.8 Å². The summed E-state index contributed by atoms with van der Waals surface area (Å²) in [4.78, 5) is 13.3. The third-order valence-electron chi connectivity index (χ3n) is 2.85. The Balaban J connectivity index is 3.20. The second-order valence-corrected chi connectivity index (χ2v) is 7.09. The summed E-state index contributed by atoms with van der Waals surface area (Å²) in [6.45, 7) is 5.50. The summed E-state index contributed by atoms with van der Waals surface area (Å²) < 4.78 is 26.1. The molecule has 0 unspecified atom stereocenters. The predicted octanol–water partition coefficient (Wildman–Crippen LogP) is 1.55. The number of hydrogen-bond donors (Lipinski definition) is 1. The highest BCUT2D eigenvalue weighted by Gasteiger charge is 2.29. The number of sulfonamides is 1. The van der Waals surface area contributed by atoms with Gasteiger partial charge in [0.15, 0.2) is 4.21 Å². The average molecular weight is 278 g/mol. The van der Waals surface area contributed by atoms with E-state index in [-0.39, 0.29) is 15.1 Å². The summed E-state index contributed by atoms with van der Waals surface area (Å²) in [5.74, 6) is 0. The van der Waals surface area contributed by atoms with Crippen molar-refractivity contribution >= 4 is 21.4 Å². The van der Waals surface area contributed by atoms with Gasteiger partial charge in [0.05, 0.1) is 0 Å². The van der Waals surface area contributed by atoms with Gasteiger partial charge in [-0.2, -0.15) is 4.31 Å². The van der Waals surface area contributed by atoms with Gasteiger partial charge in [-0.1, -0.05) is 25.2 Å². The Morgan fingerprint density at radius 2 is 1.88 bits per heavy atom. The van der Waals surface area contributed by atoms with Crippen LogP contribution in [0.4, 0.5) is 0 Å². The molecule has 98 valence electrons. The third kappa shape index (κ3) is 2.78. The zero-order valence-corrected chi connectivity index (χ0v) is 12.1. The second-order valence-electron chi connectivity index (χ2n) is 3.92. The van der Waals surface area contributed by atoms with E-state index in [1.807, 2.05) is 13.8 Å². The molecule has 1 rings (SSSR count). The molecule has 7 heteroatoms. The number of aryl methyl sites for hydroxylation is 1. The van der Waals surface area contributed by atoms with Crippen LogP contribution >= 0.6 is 11.3 Å². The van der Waals surface area contributed by atoms with Crippen LogP contribution in [0.1, 0.15) is 32.4 Å². The molecule has 0 aromatic carbocycles. The molecule has 17 heavy (non-hydrogen) atoms. The normalized spacial score (nSPS) is 12.6. The number of hydrogen-bond acceptors (Lipinski definition) is 4. The zero-order valence-electron chi connectivity index (χ0n) is 10.5. The molecule has 0 saturated carbocycles. The maximum absolute atomic E-state index is 12.3. The number of thiazole rings is 1. The molecule has 1 heterocycles. The van der Waals surface area contributed by atoms with E-state index in [0.717, 1.165) is 24.2 Å². The van der Waals surface area contributed by atoms with Crippen LogP contribution in [0.5, 0.6) is 0 Å². The van der Waals surface area contributed by atoms with E-state index in [0.29, 0.717) is 5.69 Å². The van der Waals surface area contributed by atoms with Crippen LogP contribution in [-0.2, 0) is 10.0 Å². The van der Waals surface area contributed by atoms with Crippen LogP contribution in [0.25, 0.3) is 0 Å². The molecule has 1 N–H and O–H groups in total. The number of nitrogens with one attached hydrogen (secondary N) is 1. The van der Waals surface area contributed by atoms with Crippen molar-refractivity contribution in [3.63, 3.8) is 0 Å². The van der Waals surface area contributed by atoms with Gasteiger partial charge in [0.2, 0.25) is 0 Å². The number of aromatic amines is 1. The lowest BCUT2D eigenvalue weighted by Gasteiger charge is -2.24. The summed E-state index contributed by atoms with van der Waals surface area (Å²) >= 11 is 0.747. The Bertz CT molecular complexity index is 526. The van der Waals surface area contributed by atoms with Gasteiger partial charge >= 0.3 is 4.87 Å². The Hall–Kier alpha value is -0.660. The fourth-order valence-corrected chi connectivity index (χ4v) is 4.73. The molecule has 0 aliphatic heterocycles. The zero-order chi connectivity index (χ0) is 13.2. The standard InChI is InChI=1S/C10H18N2O3S2/c1-5-8(6-2)12(4)17(14,15)9-7(3)11-10(13)16-9/h8H,5-6H2,1-4H3,(H,11,13). The van der Waals surface area contributed by atoms with Crippen LogP contribution in [-0.4, -0.2) is 30.8 Å². The van der Waals surface area contributed by atoms with Crippen molar-refractivity contribution in [1.29, 1.82) is 0 Å². The van der Waals surface area contributed by atoms with Crippen molar-refractivity contribution in [3.05, 3.63) is 15.4 Å². The minimum Gasteiger partial charge on any atom is -0.315 e. The summed E-state index contributed by atoms with van der Waals surface area (Å²) in [5, 5.41) is 0. The lowest BCUT2D eigenvalue weighted by atomic mass is 10.2. The van der Waals surface area contributed by atoms with Crippen molar-refractivity contribution in [2.24, 2.45) is 0 Å². The lowest BCUT2D eigenvalue weighted by molar-refractivity contribution is 0.350. The van der Waals surface area contributed by atoms with Gasteiger partial charge in [-0.3, -0.25) is 4.79 Å². The molecule has 0 amide bonds. The highest BCUT2D eigenvalue weighted by atomic mass is 32.2. The van der Waals surface area contributed by atoms with Gasteiger partial charge in [-0.15, -0.1) is 0 Å². The quantitative estimate of drug-likeness (QED) is 0.888. The minimum absolute atomic E-state index is 0.0309. The molecule has 0 atom stereocenters. The molecular formula is C10H18N2O3S2. The summed E-state index contributed by atoms with van der Waals surface area (Å²) in [5.41, 5.74) is 0.415. The lowest BCUT2D eigenvalue weighted by Crippen LogP contribution is -2.36. The van der Waals surface area contributed by atoms with E-state index in [2.05, 4.69) is 4.98 Å². The fraction of sp³-hybridized carbons (Fsp3) is 0.700. The first-order valence-electron chi connectivity index (χ1n) is 5.52. The van der Waals surface area contributed by atoms with Crippen LogP contribution in [0.15, 0.2) is 9.00 Å². The number of nitrogens with zero attached hydrogens (tertiary/aromatic N) is 1. The summed E-state index contributed by atoms with van der Waals surface area (Å²) in [7, 11) is -1.99. The minimum atomic E-state index is -3.55. The number of rotatable bonds is 5. The maximum atomic E-state index is 12.3. The van der Waals surface area contributed by atoms with Gasteiger partial charge in [-0.25, -0.2) is 8.42 Å². The van der Waals surface area contributed by atoms with Gasteiger partial charge in [0, 0.05) is 18.8 Å². The summed E-state index contributed by atoms with van der Waals surface area (Å²) in [6.07, 6.45) is 1.51. The molecule has 1 aromatic heterocycles. The van der Waals surface area contributed by atoms with Crippen LogP contribution < -0.4 is 4.87 Å². The first kappa shape index (κ1) is 14.4. The highest BCUT2D eigenvalue weighted by molar-refractivity contribution is 7.91. The van der Waals surface area contributed by atoms with Crippen LogP contribution in [0.3, 0.4) is 0 Å². The van der Waals surface area contributed by atoms with E-state index in [9.17, 15) is 13.2 Å². The molecule has 0 saturated heterocycles. The molecular weight excluding hydrogens is 260 g/mol. The van der Waals surface area contributed by atoms with E-state index in [1.54, 1.807) is 14.0 Å². The van der Waals surface area contributed by atoms with Crippen molar-refractivity contribution in [2.75, 3.05) is 7.05 Å². The van der Waals surface area contributed by atoms with E-state index in [1.165, 1.54) is 4.31 Å². The Morgan fingerprint density at radius 1 is 1.35 bits per heavy atom. The Kier molecular flexibility index (Phi) is 4.51. The van der Waals surface area contributed by atoms with Gasteiger partial charge in [0.1, 0.15) is 0 Å². The van der Waals surface area contributed by atoms with Gasteiger partial charge < -0.3 is 4.98 Å². The van der Waals surface area contributed by atoms with Crippen molar-refractivity contribution in [1.82, 2.24) is 9.29 Å². The van der Waals surface area contributed by atoms with Gasteiger partial charge in [0.25, 0.3) is 10.0 Å². The molecule has 0 bridgehead atoms. The van der Waals surface area contributed by atoms with Crippen molar-refractivity contribution in [2.45, 2.75) is 43.9 Å². The molecule has 0 aliphatic carbocycles. The largest absolute Gasteiger partial charge is 0.315 e. The topological polar surface area (TPSA) is 70.2 Å². The second kappa shape index (κ2) is 5.32. The molecule has 1 aromatic rings. The van der Waals surface area contributed by atoms with Crippen molar-refractivity contribution < 1.29 is 8.42 Å². The Labute approximate surface area is 106 Å². The van der Waals surface area contributed by atoms with Crippen LogP contribution in [0, 0.1) is 6.92 Å². The molecule has 5 nitrogen and oxygen atoms in total. The third-order valence-corrected chi connectivity index (χ3v) is 6.34. The molecule has 0 aliphatic rings. The van der Waals surface area contributed by atoms with E-state index >= 15 is 0 Å². The highest BCUT2D eigenvalue weighted by Crippen LogP contribution is 2.23. The predicted molar refractivity (Wildman–Crippen MR) is 69.0 cm³/mol. The Morgan fingerprint density at radius 3 is 2.24 bits per heavy atom. The fourth-order valence-electron chi connectivity index (χ4n) is 1.77. The monoisotopic (exact) mass is 278 g/mol. The molecule has 0 fully saturated rings. The maximum Gasteiger partial charge on any atom is 0.305 e. The van der Waals surface area contributed by atoms with E-state index < -0.39 is 10.0 Å². The summed E-state index contributed by atoms with van der Waals surface area (Å²) in [6, 6.07) is -0.0309. The van der Waals surface area contributed by atoms with E-state index in [4.69, 9.17) is 0 Å². The number of aromatic nitrogens is 1. The average Bonchev–Trinajstić information content (AvgIpc) is 2.60. The molecule has 0 radical (unpaired) electrons. The number of H-pyrrole nitrogens is 1. The first-order valence-corrected chi connectivity index (χ1v) is 7.78. The van der Waals surface area contributed by atoms with Crippen LogP contribution in [0.2, 0.25) is 0 Å².